The highest BCUT2D eigenvalue weighted by Crippen LogP contribution is 2.43. The van der Waals surface area contributed by atoms with E-state index in [9.17, 15) is 41.4 Å². The summed E-state index contributed by atoms with van der Waals surface area (Å²) in [5.41, 5.74) is -1.37. The molecule has 0 aromatic heterocycles. The second-order valence-electron chi connectivity index (χ2n) is 9.52. The van der Waals surface area contributed by atoms with Crippen molar-refractivity contribution in [2.45, 2.75) is 21.6 Å². The molecule has 2 saturated heterocycles. The van der Waals surface area contributed by atoms with Gasteiger partial charge in [0.25, 0.3) is 0 Å². The first-order valence-electron chi connectivity index (χ1n) is 12.7. The minimum Gasteiger partial charge on any atom is -0.480 e. The molecule has 0 aliphatic carbocycles. The van der Waals surface area contributed by atoms with Crippen molar-refractivity contribution in [2.24, 2.45) is 0 Å². The molecule has 4 rings (SSSR count). The number of carbonyl (C=O) groups is 3. The highest BCUT2D eigenvalue weighted by Gasteiger charge is 2.44. The van der Waals surface area contributed by atoms with Gasteiger partial charge in [-0.05, 0) is 24.3 Å². The summed E-state index contributed by atoms with van der Waals surface area (Å²) in [6.45, 7) is 0.259. The van der Waals surface area contributed by atoms with E-state index >= 15 is 0 Å². The van der Waals surface area contributed by atoms with E-state index < -0.39 is 90.6 Å². The molecular formula is C25H24Cl4N2O11S2. The molecule has 0 bridgehead atoms. The van der Waals surface area contributed by atoms with Crippen LogP contribution in [-0.2, 0) is 43.9 Å². The molecule has 0 amide bonds. The van der Waals surface area contributed by atoms with Crippen molar-refractivity contribution in [3.8, 4) is 0 Å². The van der Waals surface area contributed by atoms with Crippen molar-refractivity contribution in [2.75, 3.05) is 52.6 Å². The number of carboxylic acids is 2. The first-order valence-corrected chi connectivity index (χ1v) is 17.1. The zero-order chi connectivity index (χ0) is 32.6. The van der Waals surface area contributed by atoms with Crippen LogP contribution < -0.4 is 0 Å². The van der Waals surface area contributed by atoms with Gasteiger partial charge in [0.2, 0.25) is 20.0 Å². The van der Waals surface area contributed by atoms with Crippen molar-refractivity contribution in [1.82, 2.24) is 8.61 Å². The van der Waals surface area contributed by atoms with Crippen LogP contribution in [0.4, 0.5) is 0 Å². The average molecular weight is 734 g/mol. The fourth-order valence-corrected chi connectivity index (χ4v) is 9.55. The summed E-state index contributed by atoms with van der Waals surface area (Å²) in [6, 6.07) is 4.10. The van der Waals surface area contributed by atoms with E-state index in [4.69, 9.17) is 55.9 Å². The van der Waals surface area contributed by atoms with Crippen molar-refractivity contribution < 1.29 is 50.9 Å². The predicted molar refractivity (Wildman–Crippen MR) is 158 cm³/mol. The predicted octanol–water partition coefficient (Wildman–Crippen LogP) is 2.95. The third-order valence-electron chi connectivity index (χ3n) is 7.00. The molecule has 13 nitrogen and oxygen atoms in total. The monoisotopic (exact) mass is 732 g/mol. The molecular weight excluding hydrogens is 710 g/mol. The van der Waals surface area contributed by atoms with Crippen LogP contribution in [0.1, 0.15) is 23.0 Å². The molecule has 0 radical (unpaired) electrons. The molecule has 2 aromatic rings. The van der Waals surface area contributed by atoms with Crippen molar-refractivity contribution in [3.63, 3.8) is 0 Å². The van der Waals surface area contributed by atoms with Gasteiger partial charge < -0.3 is 19.7 Å². The zero-order valence-electron chi connectivity index (χ0n) is 22.4. The first-order chi connectivity index (χ1) is 20.6. The smallest absolute Gasteiger partial charge is 0.318 e. The lowest BCUT2D eigenvalue weighted by Crippen LogP contribution is -2.41. The Balaban J connectivity index is 1.85. The van der Waals surface area contributed by atoms with Gasteiger partial charge in [0.1, 0.15) is 21.6 Å². The summed E-state index contributed by atoms with van der Waals surface area (Å²) in [5, 5.41) is 18.0. The first kappa shape index (κ1) is 34.8. The Labute approximate surface area is 272 Å². The summed E-state index contributed by atoms with van der Waals surface area (Å²) in [6.07, 6.45) is 0. The van der Waals surface area contributed by atoms with Gasteiger partial charge in [-0.2, -0.15) is 8.61 Å². The van der Waals surface area contributed by atoms with Crippen LogP contribution in [-0.4, -0.2) is 106 Å². The lowest BCUT2D eigenvalue weighted by atomic mass is 9.83. The standard InChI is InChI=1S/C25H24Cl4N2O11S2/c26-13-1-3-15(43(37,38)30-5-9-41-10-6-30)21(28)17(13)19(24(33)34)23(32)20(25(35)36)18-14(27)2-4-16(22(18)29)44(39,40)31-7-11-42-12-8-31/h1-4,19-20H,5-12H2,(H,33,34)(H,35,36). The second-order valence-corrected chi connectivity index (χ2v) is 14.9. The fraction of sp³-hybridized carbons (Fsp3) is 0.400. The van der Waals surface area contributed by atoms with Crippen LogP contribution in [0.15, 0.2) is 34.1 Å². The lowest BCUT2D eigenvalue weighted by molar-refractivity contribution is -0.146. The molecule has 2 N–H and O–H groups in total. The summed E-state index contributed by atoms with van der Waals surface area (Å²) in [7, 11) is -8.66. The van der Waals surface area contributed by atoms with Gasteiger partial charge >= 0.3 is 11.9 Å². The second kappa shape index (κ2) is 13.7. The van der Waals surface area contributed by atoms with Crippen LogP contribution >= 0.6 is 46.4 Å². The molecule has 0 saturated carbocycles. The molecule has 19 heteroatoms. The molecule has 240 valence electrons. The van der Waals surface area contributed by atoms with Crippen LogP contribution in [0.5, 0.6) is 0 Å². The molecule has 2 fully saturated rings. The maximum Gasteiger partial charge on any atom is 0.318 e. The van der Waals surface area contributed by atoms with Crippen LogP contribution in [0.2, 0.25) is 20.1 Å². The van der Waals surface area contributed by atoms with E-state index in [2.05, 4.69) is 0 Å². The highest BCUT2D eigenvalue weighted by atomic mass is 35.5. The third-order valence-corrected chi connectivity index (χ3v) is 12.6. The fourth-order valence-electron chi connectivity index (χ4n) is 4.82. The minimum atomic E-state index is -4.33. The van der Waals surface area contributed by atoms with E-state index in [0.29, 0.717) is 0 Å². The molecule has 0 spiro atoms. The van der Waals surface area contributed by atoms with Gasteiger partial charge in [-0.3, -0.25) is 14.4 Å². The van der Waals surface area contributed by atoms with Gasteiger partial charge in [0.15, 0.2) is 5.78 Å². The van der Waals surface area contributed by atoms with E-state index in [-0.39, 0.29) is 52.6 Å². The normalized spacial score (nSPS) is 18.5. The minimum absolute atomic E-state index is 0.0281. The number of Topliss-reactive ketones (excluding diaryl/α,β-unsaturated/α-hetero) is 1. The Morgan fingerprint density at radius 2 is 0.955 bits per heavy atom. The van der Waals surface area contributed by atoms with Crippen molar-refractivity contribution in [1.29, 1.82) is 0 Å². The number of carboxylic acid groups (broad SMARTS) is 2. The Morgan fingerprint density at radius 1 is 0.636 bits per heavy atom. The summed E-state index contributed by atoms with van der Waals surface area (Å²) < 4.78 is 65.9. The van der Waals surface area contributed by atoms with Crippen molar-refractivity contribution >= 4 is 84.2 Å². The number of ketones is 1. The van der Waals surface area contributed by atoms with E-state index in [1.165, 1.54) is 0 Å². The number of hydrogen-bond donors (Lipinski definition) is 2. The quantitative estimate of drug-likeness (QED) is 0.342. The Kier molecular flexibility index (Phi) is 10.9. The van der Waals surface area contributed by atoms with Crippen LogP contribution in [0.25, 0.3) is 0 Å². The Hall–Kier alpha value is -2.05. The summed E-state index contributed by atoms with van der Waals surface area (Å²) in [5.74, 6) is -10.3. The maximum absolute atomic E-state index is 13.9. The number of benzene rings is 2. The SMILES string of the molecule is O=C(O)C(C(=O)C(C(=O)O)c1c(Cl)ccc(S(=O)(=O)N2CCOCC2)c1Cl)c1c(Cl)ccc(S(=O)(=O)N2CCOCC2)c1Cl. The van der Waals surface area contributed by atoms with Crippen LogP contribution in [0, 0.1) is 0 Å². The maximum atomic E-state index is 13.9. The number of aliphatic carboxylic acids is 2. The summed E-state index contributed by atoms with van der Waals surface area (Å²) in [4.78, 5) is 37.9. The molecule has 2 atom stereocenters. The van der Waals surface area contributed by atoms with Crippen LogP contribution in [0.3, 0.4) is 0 Å². The number of sulfonamides is 2. The van der Waals surface area contributed by atoms with E-state index in [0.717, 1.165) is 32.9 Å². The number of halogens is 4. The molecule has 2 aromatic carbocycles. The third kappa shape index (κ3) is 6.58. The lowest BCUT2D eigenvalue weighted by Gasteiger charge is -2.28. The van der Waals surface area contributed by atoms with E-state index in [1.54, 1.807) is 0 Å². The summed E-state index contributed by atoms with van der Waals surface area (Å²) >= 11 is 25.4. The van der Waals surface area contributed by atoms with Gasteiger partial charge in [0.05, 0.1) is 36.5 Å². The number of nitrogens with zero attached hydrogens (tertiary/aromatic N) is 2. The molecule has 44 heavy (non-hydrogen) atoms. The molecule has 2 aliphatic heterocycles. The molecule has 2 unspecified atom stereocenters. The molecule has 2 aliphatic rings. The largest absolute Gasteiger partial charge is 0.480 e. The number of carbonyl (C=O) groups excluding carboxylic acids is 1. The Bertz CT molecular complexity index is 1590. The average Bonchev–Trinajstić information content (AvgIpc) is 2.97. The highest BCUT2D eigenvalue weighted by molar-refractivity contribution is 7.89. The number of morpholine rings is 2. The Morgan fingerprint density at radius 3 is 1.25 bits per heavy atom. The van der Waals surface area contributed by atoms with Gasteiger partial charge in [-0.15, -0.1) is 0 Å². The van der Waals surface area contributed by atoms with Gasteiger partial charge in [-0.25, -0.2) is 16.8 Å². The molecule has 2 heterocycles. The number of ether oxygens (including phenoxy) is 2. The van der Waals surface area contributed by atoms with Crippen molar-refractivity contribution in [3.05, 3.63) is 55.5 Å². The zero-order valence-corrected chi connectivity index (χ0v) is 27.1. The number of hydrogen-bond acceptors (Lipinski definition) is 9. The topological polar surface area (TPSA) is 185 Å². The number of rotatable bonds is 10. The van der Waals surface area contributed by atoms with Gasteiger partial charge in [0, 0.05) is 47.4 Å². The van der Waals surface area contributed by atoms with E-state index in [1.807, 2.05) is 0 Å². The van der Waals surface area contributed by atoms with Gasteiger partial charge in [-0.1, -0.05) is 46.4 Å².